The predicted molar refractivity (Wildman–Crippen MR) is 86.5 cm³/mol. The molecule has 2 rings (SSSR count). The first kappa shape index (κ1) is 16.0. The third-order valence-corrected chi connectivity index (χ3v) is 5.30. The summed E-state index contributed by atoms with van der Waals surface area (Å²) in [6.45, 7) is 0.373. The molecule has 5 heteroatoms. The van der Waals surface area contributed by atoms with Gasteiger partial charge in [-0.05, 0) is 16.7 Å². The molecule has 21 heavy (non-hydrogen) atoms. The molecule has 0 saturated carbocycles. The van der Waals surface area contributed by atoms with Crippen molar-refractivity contribution in [1.29, 1.82) is 0 Å². The fraction of sp³-hybridized carbons (Fsp3) is 0.250. The van der Waals surface area contributed by atoms with Crippen LogP contribution in [0.15, 0.2) is 54.6 Å². The Morgan fingerprint density at radius 2 is 1.57 bits per heavy atom. The molecule has 2 aromatic carbocycles. The van der Waals surface area contributed by atoms with E-state index >= 15 is 0 Å². The van der Waals surface area contributed by atoms with Crippen molar-refractivity contribution >= 4 is 21.6 Å². The number of benzene rings is 2. The van der Waals surface area contributed by atoms with E-state index in [1.165, 1.54) is 4.31 Å². The van der Waals surface area contributed by atoms with Gasteiger partial charge in [-0.1, -0.05) is 54.6 Å². The maximum absolute atomic E-state index is 12.4. The Hall–Kier alpha value is -1.36. The highest BCUT2D eigenvalue weighted by atomic mass is 35.5. The van der Waals surface area contributed by atoms with Crippen LogP contribution in [0.1, 0.15) is 16.7 Å². The highest BCUT2D eigenvalue weighted by Gasteiger charge is 2.18. The summed E-state index contributed by atoms with van der Waals surface area (Å²) in [5, 5.41) is 0. The molecule has 0 aliphatic carbocycles. The molecular weight excluding hydrogens is 306 g/mol. The first-order valence-corrected chi connectivity index (χ1v) is 8.77. The lowest BCUT2D eigenvalue weighted by Crippen LogP contribution is -2.27. The Labute approximate surface area is 131 Å². The third-order valence-electron chi connectivity index (χ3n) is 3.22. The Kier molecular flexibility index (Phi) is 5.39. The van der Waals surface area contributed by atoms with Crippen molar-refractivity contribution < 1.29 is 8.42 Å². The van der Waals surface area contributed by atoms with E-state index in [1.807, 2.05) is 54.6 Å². The minimum Gasteiger partial charge on any atom is -0.212 e. The van der Waals surface area contributed by atoms with Gasteiger partial charge in [0.25, 0.3) is 0 Å². The van der Waals surface area contributed by atoms with Crippen LogP contribution in [0.25, 0.3) is 0 Å². The molecule has 2 aromatic rings. The molecule has 0 saturated heterocycles. The molecule has 0 amide bonds. The Morgan fingerprint density at radius 1 is 0.952 bits per heavy atom. The third kappa shape index (κ3) is 4.56. The summed E-state index contributed by atoms with van der Waals surface area (Å²) in [5.74, 6) is 0.370. The van der Waals surface area contributed by atoms with Crippen molar-refractivity contribution in [2.24, 2.45) is 0 Å². The number of hydrogen-bond acceptors (Lipinski definition) is 2. The zero-order valence-electron chi connectivity index (χ0n) is 11.9. The lowest BCUT2D eigenvalue weighted by molar-refractivity contribution is 0.466. The highest BCUT2D eigenvalue weighted by Crippen LogP contribution is 2.15. The van der Waals surface area contributed by atoms with E-state index in [0.29, 0.717) is 12.4 Å². The molecule has 0 heterocycles. The van der Waals surface area contributed by atoms with Gasteiger partial charge >= 0.3 is 0 Å². The predicted octanol–water partition coefficient (Wildman–Crippen LogP) is 3.39. The van der Waals surface area contributed by atoms with Gasteiger partial charge in [-0.3, -0.25) is 0 Å². The molecule has 3 nitrogen and oxygen atoms in total. The molecule has 0 N–H and O–H groups in total. The summed E-state index contributed by atoms with van der Waals surface area (Å²) in [5.41, 5.74) is 2.65. The van der Waals surface area contributed by atoms with Gasteiger partial charge < -0.3 is 0 Å². The van der Waals surface area contributed by atoms with E-state index in [4.69, 9.17) is 11.6 Å². The van der Waals surface area contributed by atoms with Crippen molar-refractivity contribution in [1.82, 2.24) is 4.31 Å². The Balaban J connectivity index is 2.10. The van der Waals surface area contributed by atoms with Crippen LogP contribution in [0.5, 0.6) is 0 Å². The van der Waals surface area contributed by atoms with Crippen LogP contribution in [-0.4, -0.2) is 19.8 Å². The average molecular weight is 324 g/mol. The van der Waals surface area contributed by atoms with E-state index in [1.54, 1.807) is 7.05 Å². The number of sulfonamides is 1. The molecule has 0 bridgehead atoms. The van der Waals surface area contributed by atoms with Crippen LogP contribution in [0.4, 0.5) is 0 Å². The van der Waals surface area contributed by atoms with Gasteiger partial charge in [-0.25, -0.2) is 12.7 Å². The van der Waals surface area contributed by atoms with Crippen LogP contribution in [0.3, 0.4) is 0 Å². The topological polar surface area (TPSA) is 37.4 Å². The molecule has 0 unspecified atom stereocenters. The summed E-state index contributed by atoms with van der Waals surface area (Å²) in [4.78, 5) is 0. The van der Waals surface area contributed by atoms with Crippen molar-refractivity contribution in [3.8, 4) is 0 Å². The molecule has 0 aromatic heterocycles. The number of rotatable bonds is 6. The van der Waals surface area contributed by atoms with E-state index < -0.39 is 10.0 Å². The Bertz CT molecular complexity index is 686. The number of halogens is 1. The van der Waals surface area contributed by atoms with E-state index in [0.717, 1.165) is 16.7 Å². The van der Waals surface area contributed by atoms with Crippen molar-refractivity contribution in [2.45, 2.75) is 18.2 Å². The van der Waals surface area contributed by atoms with Gasteiger partial charge in [0.05, 0.1) is 5.75 Å². The zero-order valence-corrected chi connectivity index (χ0v) is 13.4. The van der Waals surface area contributed by atoms with E-state index in [2.05, 4.69) is 0 Å². The van der Waals surface area contributed by atoms with Gasteiger partial charge in [0, 0.05) is 19.5 Å². The summed E-state index contributed by atoms with van der Waals surface area (Å²) in [6.07, 6.45) is 0. The monoisotopic (exact) mass is 323 g/mol. The molecular formula is C16H18ClNO2S. The molecule has 0 aliphatic rings. The summed E-state index contributed by atoms with van der Waals surface area (Å²) >= 11 is 5.78. The van der Waals surface area contributed by atoms with Crippen LogP contribution in [0, 0.1) is 0 Å². The lowest BCUT2D eigenvalue weighted by Gasteiger charge is -2.17. The minimum atomic E-state index is -3.35. The first-order valence-electron chi connectivity index (χ1n) is 6.63. The van der Waals surface area contributed by atoms with E-state index in [9.17, 15) is 8.42 Å². The number of nitrogens with zero attached hydrogens (tertiary/aromatic N) is 1. The van der Waals surface area contributed by atoms with Crippen molar-refractivity contribution in [2.75, 3.05) is 7.05 Å². The molecule has 112 valence electrons. The van der Waals surface area contributed by atoms with Crippen molar-refractivity contribution in [3.63, 3.8) is 0 Å². The van der Waals surface area contributed by atoms with E-state index in [-0.39, 0.29) is 5.75 Å². The maximum atomic E-state index is 12.4. The van der Waals surface area contributed by atoms with Gasteiger partial charge in [0.15, 0.2) is 0 Å². The SMILES string of the molecule is CN(Cc1ccccc1)S(=O)(=O)Cc1cccc(CCl)c1. The molecule has 0 aliphatic heterocycles. The minimum absolute atomic E-state index is 0.0128. The average Bonchev–Trinajstić information content (AvgIpc) is 2.48. The smallest absolute Gasteiger partial charge is 0.212 e. The largest absolute Gasteiger partial charge is 0.218 e. The number of alkyl halides is 1. The van der Waals surface area contributed by atoms with Crippen LogP contribution >= 0.6 is 11.6 Å². The van der Waals surface area contributed by atoms with Crippen LogP contribution in [-0.2, 0) is 28.2 Å². The summed E-state index contributed by atoms with van der Waals surface area (Å²) < 4.78 is 26.2. The second kappa shape index (κ2) is 7.07. The highest BCUT2D eigenvalue weighted by molar-refractivity contribution is 7.88. The first-order chi connectivity index (χ1) is 10.0. The fourth-order valence-corrected chi connectivity index (χ4v) is 3.40. The zero-order chi connectivity index (χ0) is 15.3. The Morgan fingerprint density at radius 3 is 2.24 bits per heavy atom. The maximum Gasteiger partial charge on any atom is 0.218 e. The quantitative estimate of drug-likeness (QED) is 0.764. The van der Waals surface area contributed by atoms with Gasteiger partial charge in [-0.15, -0.1) is 11.6 Å². The summed E-state index contributed by atoms with van der Waals surface area (Å²) in [7, 11) is -1.74. The second-order valence-electron chi connectivity index (χ2n) is 4.95. The fourth-order valence-electron chi connectivity index (χ4n) is 2.06. The second-order valence-corrected chi connectivity index (χ2v) is 7.29. The molecule has 0 fully saturated rings. The summed E-state index contributed by atoms with van der Waals surface area (Å²) in [6, 6.07) is 16.9. The van der Waals surface area contributed by atoms with Gasteiger partial charge in [-0.2, -0.15) is 0 Å². The molecule has 0 atom stereocenters. The standard InChI is InChI=1S/C16H18ClNO2S/c1-18(12-14-6-3-2-4-7-14)21(19,20)13-16-9-5-8-15(10-16)11-17/h2-10H,11-13H2,1H3. The number of hydrogen-bond donors (Lipinski definition) is 0. The molecule has 0 spiro atoms. The molecule has 0 radical (unpaired) electrons. The van der Waals surface area contributed by atoms with Crippen LogP contribution in [0.2, 0.25) is 0 Å². The van der Waals surface area contributed by atoms with Crippen molar-refractivity contribution in [3.05, 3.63) is 71.3 Å². The normalized spacial score (nSPS) is 11.8. The van der Waals surface area contributed by atoms with Gasteiger partial charge in [0.1, 0.15) is 0 Å². The van der Waals surface area contributed by atoms with Crippen LogP contribution < -0.4 is 0 Å². The lowest BCUT2D eigenvalue weighted by atomic mass is 10.2. The van der Waals surface area contributed by atoms with Gasteiger partial charge in [0.2, 0.25) is 10.0 Å².